The van der Waals surface area contributed by atoms with Gasteiger partial charge < -0.3 is 14.7 Å². The van der Waals surface area contributed by atoms with E-state index in [9.17, 15) is 9.59 Å². The second kappa shape index (κ2) is 11.8. The van der Waals surface area contributed by atoms with Crippen LogP contribution in [0.15, 0.2) is 66.7 Å². The van der Waals surface area contributed by atoms with E-state index in [-0.39, 0.29) is 24.3 Å². The predicted molar refractivity (Wildman–Crippen MR) is 150 cm³/mol. The van der Waals surface area contributed by atoms with Gasteiger partial charge in [-0.05, 0) is 48.4 Å². The molecule has 1 aliphatic heterocycles. The molecule has 5 rings (SSSR count). The van der Waals surface area contributed by atoms with Gasteiger partial charge in [-0.1, -0.05) is 68.4 Å². The molecule has 7 heteroatoms. The molecule has 1 saturated heterocycles. The van der Waals surface area contributed by atoms with Crippen molar-refractivity contribution in [2.45, 2.75) is 33.1 Å². The number of hydrogen-bond donors (Lipinski definition) is 0. The first-order valence-corrected chi connectivity index (χ1v) is 13.8. The molecule has 1 aliphatic carbocycles. The minimum Gasteiger partial charge on any atom is -0.352 e. The summed E-state index contributed by atoms with van der Waals surface area (Å²) in [6.07, 6.45) is 2.84. The standard InChI is InChI=1S/C31H37N5O2/c1-23(2)16-17-36(31(38)27-12-13-27)22-30(37)35-20-18-34(19-21-35)29-15-14-28(32-33-29)26-10-8-25(9-11-26)24-6-4-3-5-7-24/h3-11,14-15,23,27H,12-13,16-22H2,1-2H3. The Morgan fingerprint density at radius 2 is 1.50 bits per heavy atom. The van der Waals surface area contributed by atoms with Crippen molar-refractivity contribution >= 4 is 17.6 Å². The summed E-state index contributed by atoms with van der Waals surface area (Å²) in [6.45, 7) is 7.81. The van der Waals surface area contributed by atoms with Gasteiger partial charge >= 0.3 is 0 Å². The fraction of sp³-hybridized carbons (Fsp3) is 0.419. The number of hydrogen-bond acceptors (Lipinski definition) is 5. The van der Waals surface area contributed by atoms with Crippen molar-refractivity contribution in [3.63, 3.8) is 0 Å². The smallest absolute Gasteiger partial charge is 0.242 e. The van der Waals surface area contributed by atoms with Crippen LogP contribution in [0, 0.1) is 11.8 Å². The van der Waals surface area contributed by atoms with Crippen molar-refractivity contribution in [1.82, 2.24) is 20.0 Å². The Labute approximate surface area is 225 Å². The van der Waals surface area contributed by atoms with Gasteiger partial charge in [0.15, 0.2) is 5.82 Å². The van der Waals surface area contributed by atoms with Crippen molar-refractivity contribution in [1.29, 1.82) is 0 Å². The van der Waals surface area contributed by atoms with E-state index >= 15 is 0 Å². The zero-order valence-electron chi connectivity index (χ0n) is 22.4. The lowest BCUT2D eigenvalue weighted by Gasteiger charge is -2.36. The van der Waals surface area contributed by atoms with Crippen molar-refractivity contribution in [2.24, 2.45) is 11.8 Å². The minimum absolute atomic E-state index is 0.0442. The summed E-state index contributed by atoms with van der Waals surface area (Å²) in [5, 5.41) is 8.97. The third-order valence-electron chi connectivity index (χ3n) is 7.44. The Kier molecular flexibility index (Phi) is 8.01. The Hall–Kier alpha value is -3.74. The average Bonchev–Trinajstić information content (AvgIpc) is 3.81. The summed E-state index contributed by atoms with van der Waals surface area (Å²) >= 11 is 0. The van der Waals surface area contributed by atoms with Crippen LogP contribution in [0.3, 0.4) is 0 Å². The summed E-state index contributed by atoms with van der Waals surface area (Å²) in [7, 11) is 0. The van der Waals surface area contributed by atoms with Crippen LogP contribution in [-0.2, 0) is 9.59 Å². The van der Waals surface area contributed by atoms with E-state index < -0.39 is 0 Å². The quantitative estimate of drug-likeness (QED) is 0.415. The SMILES string of the molecule is CC(C)CCN(CC(=O)N1CCN(c2ccc(-c3ccc(-c4ccccc4)cc3)nn2)CC1)C(=O)C1CC1. The van der Waals surface area contributed by atoms with E-state index in [0.717, 1.165) is 36.3 Å². The predicted octanol–water partition coefficient (Wildman–Crippen LogP) is 4.74. The number of piperazine rings is 1. The Morgan fingerprint density at radius 1 is 0.842 bits per heavy atom. The molecule has 2 aromatic carbocycles. The average molecular weight is 512 g/mol. The van der Waals surface area contributed by atoms with Crippen LogP contribution in [0.25, 0.3) is 22.4 Å². The van der Waals surface area contributed by atoms with E-state index in [0.29, 0.717) is 38.6 Å². The molecule has 2 amide bonds. The normalized spacial score (nSPS) is 15.6. The fourth-order valence-corrected chi connectivity index (χ4v) is 4.83. The van der Waals surface area contributed by atoms with E-state index in [4.69, 9.17) is 0 Å². The highest BCUT2D eigenvalue weighted by Crippen LogP contribution is 2.31. The first kappa shape index (κ1) is 25.9. The molecule has 0 radical (unpaired) electrons. The highest BCUT2D eigenvalue weighted by atomic mass is 16.2. The minimum atomic E-state index is 0.0442. The van der Waals surface area contributed by atoms with Gasteiger partial charge in [0.2, 0.25) is 11.8 Å². The molecule has 2 fully saturated rings. The lowest BCUT2D eigenvalue weighted by Crippen LogP contribution is -2.52. The van der Waals surface area contributed by atoms with Gasteiger partial charge in [-0.25, -0.2) is 0 Å². The highest BCUT2D eigenvalue weighted by molar-refractivity contribution is 5.87. The van der Waals surface area contributed by atoms with Gasteiger partial charge in [0.1, 0.15) is 0 Å². The summed E-state index contributed by atoms with van der Waals surface area (Å²) in [5.41, 5.74) is 4.23. The van der Waals surface area contributed by atoms with Crippen LogP contribution in [0.5, 0.6) is 0 Å². The third kappa shape index (κ3) is 6.39. The number of benzene rings is 2. The summed E-state index contributed by atoms with van der Waals surface area (Å²) in [5.74, 6) is 1.66. The Morgan fingerprint density at radius 3 is 2.11 bits per heavy atom. The molecular formula is C31H37N5O2. The van der Waals surface area contributed by atoms with Gasteiger partial charge in [-0.3, -0.25) is 9.59 Å². The molecule has 7 nitrogen and oxygen atoms in total. The Bertz CT molecular complexity index is 1220. The topological polar surface area (TPSA) is 69.6 Å². The molecule has 38 heavy (non-hydrogen) atoms. The molecule has 2 aliphatic rings. The molecule has 2 heterocycles. The summed E-state index contributed by atoms with van der Waals surface area (Å²) < 4.78 is 0. The van der Waals surface area contributed by atoms with Crippen LogP contribution in [-0.4, -0.2) is 71.1 Å². The number of amides is 2. The number of carbonyl (C=O) groups is 2. The van der Waals surface area contributed by atoms with E-state index in [2.05, 4.69) is 65.3 Å². The van der Waals surface area contributed by atoms with Gasteiger partial charge in [0.25, 0.3) is 0 Å². The molecule has 0 spiro atoms. The maximum absolute atomic E-state index is 13.0. The molecule has 1 saturated carbocycles. The molecule has 198 valence electrons. The number of carbonyl (C=O) groups excluding carboxylic acids is 2. The van der Waals surface area contributed by atoms with Crippen molar-refractivity contribution in [2.75, 3.05) is 44.2 Å². The number of rotatable bonds is 9. The first-order chi connectivity index (χ1) is 18.5. The lowest BCUT2D eigenvalue weighted by atomic mass is 10.0. The van der Waals surface area contributed by atoms with E-state index in [1.54, 1.807) is 4.90 Å². The van der Waals surface area contributed by atoms with Gasteiger partial charge in [-0.2, -0.15) is 0 Å². The number of aromatic nitrogens is 2. The van der Waals surface area contributed by atoms with E-state index in [1.807, 2.05) is 35.2 Å². The monoisotopic (exact) mass is 511 g/mol. The molecule has 1 aromatic heterocycles. The highest BCUT2D eigenvalue weighted by Gasteiger charge is 2.35. The van der Waals surface area contributed by atoms with Crippen LogP contribution < -0.4 is 4.90 Å². The Balaban J connectivity index is 1.14. The summed E-state index contributed by atoms with van der Waals surface area (Å²) in [6, 6.07) is 22.7. The van der Waals surface area contributed by atoms with Gasteiger partial charge in [-0.15, -0.1) is 10.2 Å². The van der Waals surface area contributed by atoms with Gasteiger partial charge in [0.05, 0.1) is 12.2 Å². The second-order valence-corrected chi connectivity index (χ2v) is 10.8. The molecule has 0 unspecified atom stereocenters. The van der Waals surface area contributed by atoms with Gasteiger partial charge in [0, 0.05) is 44.2 Å². The molecular weight excluding hydrogens is 474 g/mol. The largest absolute Gasteiger partial charge is 0.352 e. The van der Waals surface area contributed by atoms with E-state index in [1.165, 1.54) is 11.1 Å². The van der Waals surface area contributed by atoms with Crippen LogP contribution in [0.2, 0.25) is 0 Å². The van der Waals surface area contributed by atoms with Crippen LogP contribution in [0.1, 0.15) is 33.1 Å². The third-order valence-corrected chi connectivity index (χ3v) is 7.44. The number of nitrogens with zero attached hydrogens (tertiary/aromatic N) is 5. The zero-order valence-corrected chi connectivity index (χ0v) is 22.4. The first-order valence-electron chi connectivity index (χ1n) is 13.8. The number of anilines is 1. The maximum Gasteiger partial charge on any atom is 0.242 e. The molecule has 0 N–H and O–H groups in total. The van der Waals surface area contributed by atoms with Crippen molar-refractivity contribution in [3.8, 4) is 22.4 Å². The van der Waals surface area contributed by atoms with Crippen molar-refractivity contribution in [3.05, 3.63) is 66.7 Å². The van der Waals surface area contributed by atoms with Crippen LogP contribution >= 0.6 is 0 Å². The fourth-order valence-electron chi connectivity index (χ4n) is 4.83. The van der Waals surface area contributed by atoms with Crippen molar-refractivity contribution < 1.29 is 9.59 Å². The maximum atomic E-state index is 13.0. The summed E-state index contributed by atoms with van der Waals surface area (Å²) in [4.78, 5) is 31.6. The van der Waals surface area contributed by atoms with Crippen LogP contribution in [0.4, 0.5) is 5.82 Å². The molecule has 3 aromatic rings. The molecule has 0 atom stereocenters. The lowest BCUT2D eigenvalue weighted by molar-refractivity contribution is -0.141. The zero-order chi connectivity index (χ0) is 26.5. The second-order valence-electron chi connectivity index (χ2n) is 10.8. The molecule has 0 bridgehead atoms.